The number of furan rings is 1. The number of hydrogen-bond donors (Lipinski definition) is 0. The summed E-state index contributed by atoms with van der Waals surface area (Å²) in [5.41, 5.74) is 0. The van der Waals surface area contributed by atoms with Gasteiger partial charge in [0.15, 0.2) is 11.0 Å². The lowest BCUT2D eigenvalue weighted by molar-refractivity contribution is 0.0734. The number of halogens is 2. The van der Waals surface area contributed by atoms with Gasteiger partial charge in [0.1, 0.15) is 0 Å². The van der Waals surface area contributed by atoms with E-state index in [1.165, 1.54) is 0 Å². The van der Waals surface area contributed by atoms with Crippen molar-refractivity contribution in [1.29, 1.82) is 0 Å². The zero-order valence-corrected chi connectivity index (χ0v) is 10.0. The molecular weight excluding hydrogens is 237 g/mol. The fourth-order valence-electron chi connectivity index (χ4n) is 1.27. The van der Waals surface area contributed by atoms with Crippen molar-refractivity contribution in [3.63, 3.8) is 0 Å². The summed E-state index contributed by atoms with van der Waals surface area (Å²) in [6.07, 6.45) is 0.886. The summed E-state index contributed by atoms with van der Waals surface area (Å²) in [6, 6.07) is 3.13. The predicted octanol–water partition coefficient (Wildman–Crippen LogP) is 3.02. The van der Waals surface area contributed by atoms with E-state index < -0.39 is 0 Å². The predicted molar refractivity (Wildman–Crippen MR) is 60.6 cm³/mol. The van der Waals surface area contributed by atoms with Crippen molar-refractivity contribution in [3.05, 3.63) is 23.1 Å². The number of nitrogens with zero attached hydrogens (tertiary/aromatic N) is 1. The molecule has 0 fully saturated rings. The Morgan fingerprint density at radius 2 is 2.20 bits per heavy atom. The first-order chi connectivity index (χ1) is 7.19. The molecule has 1 amide bonds. The Morgan fingerprint density at radius 1 is 1.47 bits per heavy atom. The summed E-state index contributed by atoms with van der Waals surface area (Å²) >= 11 is 11.2. The molecule has 5 heteroatoms. The number of rotatable bonds is 5. The van der Waals surface area contributed by atoms with Gasteiger partial charge in [-0.3, -0.25) is 4.79 Å². The number of carbonyl (C=O) groups is 1. The van der Waals surface area contributed by atoms with Crippen LogP contribution in [0.3, 0.4) is 0 Å². The maximum atomic E-state index is 11.9. The summed E-state index contributed by atoms with van der Waals surface area (Å²) in [4.78, 5) is 13.5. The van der Waals surface area contributed by atoms with Crippen molar-refractivity contribution < 1.29 is 9.21 Å². The summed E-state index contributed by atoms with van der Waals surface area (Å²) in [6.45, 7) is 3.19. The van der Waals surface area contributed by atoms with E-state index in [1.54, 1.807) is 17.0 Å². The van der Waals surface area contributed by atoms with E-state index in [9.17, 15) is 4.79 Å². The third-order valence-corrected chi connectivity index (χ3v) is 2.29. The Balaban J connectivity index is 2.71. The van der Waals surface area contributed by atoms with Gasteiger partial charge in [-0.15, -0.1) is 11.6 Å². The Hall–Kier alpha value is -0.670. The number of alkyl halides is 1. The van der Waals surface area contributed by atoms with Crippen LogP contribution in [0.1, 0.15) is 23.9 Å². The maximum Gasteiger partial charge on any atom is 0.289 e. The molecular formula is C10H13Cl2NO2. The van der Waals surface area contributed by atoms with E-state index in [1.807, 2.05) is 6.92 Å². The molecule has 15 heavy (non-hydrogen) atoms. The molecule has 0 aliphatic heterocycles. The van der Waals surface area contributed by atoms with Gasteiger partial charge >= 0.3 is 0 Å². The number of carbonyl (C=O) groups excluding carboxylic acids is 1. The molecule has 0 aliphatic rings. The molecule has 1 heterocycles. The summed E-state index contributed by atoms with van der Waals surface area (Å²) < 4.78 is 5.05. The Kier molecular flexibility index (Phi) is 4.99. The average Bonchev–Trinajstić information content (AvgIpc) is 2.63. The van der Waals surface area contributed by atoms with Crippen LogP contribution in [0.2, 0.25) is 5.22 Å². The van der Waals surface area contributed by atoms with Crippen molar-refractivity contribution >= 4 is 29.1 Å². The summed E-state index contributed by atoms with van der Waals surface area (Å²) in [5, 5.41) is 0.223. The van der Waals surface area contributed by atoms with Crippen LogP contribution in [0.25, 0.3) is 0 Å². The maximum absolute atomic E-state index is 11.9. The molecule has 0 aliphatic carbocycles. The monoisotopic (exact) mass is 249 g/mol. The van der Waals surface area contributed by atoms with Crippen molar-refractivity contribution in [3.8, 4) is 0 Å². The van der Waals surface area contributed by atoms with E-state index in [0.717, 1.165) is 6.42 Å². The van der Waals surface area contributed by atoms with Gasteiger partial charge in [-0.2, -0.15) is 0 Å². The highest BCUT2D eigenvalue weighted by Crippen LogP contribution is 2.15. The largest absolute Gasteiger partial charge is 0.440 e. The Labute approximate surface area is 98.9 Å². The average molecular weight is 250 g/mol. The summed E-state index contributed by atoms with van der Waals surface area (Å²) in [5.74, 6) is 0.517. The second-order valence-corrected chi connectivity index (χ2v) is 3.84. The van der Waals surface area contributed by atoms with Crippen molar-refractivity contribution in [2.75, 3.05) is 19.0 Å². The van der Waals surface area contributed by atoms with E-state index in [0.29, 0.717) is 19.0 Å². The molecule has 0 spiro atoms. The zero-order chi connectivity index (χ0) is 11.3. The van der Waals surface area contributed by atoms with E-state index >= 15 is 0 Å². The zero-order valence-electron chi connectivity index (χ0n) is 8.50. The molecule has 0 N–H and O–H groups in total. The van der Waals surface area contributed by atoms with Crippen LogP contribution in [0.4, 0.5) is 0 Å². The third-order valence-electron chi connectivity index (χ3n) is 1.92. The van der Waals surface area contributed by atoms with Gasteiger partial charge in [-0.25, -0.2) is 0 Å². The van der Waals surface area contributed by atoms with E-state index in [2.05, 4.69) is 0 Å². The molecule has 1 aromatic heterocycles. The van der Waals surface area contributed by atoms with Crippen molar-refractivity contribution in [2.24, 2.45) is 0 Å². The molecule has 1 aromatic rings. The Morgan fingerprint density at radius 3 is 2.67 bits per heavy atom. The second-order valence-electron chi connectivity index (χ2n) is 3.08. The highest BCUT2D eigenvalue weighted by atomic mass is 35.5. The van der Waals surface area contributed by atoms with Gasteiger partial charge in [0.25, 0.3) is 5.91 Å². The normalized spacial score (nSPS) is 10.3. The fraction of sp³-hybridized carbons (Fsp3) is 0.500. The van der Waals surface area contributed by atoms with Crippen LogP contribution in [-0.4, -0.2) is 29.8 Å². The third kappa shape index (κ3) is 3.43. The lowest BCUT2D eigenvalue weighted by Crippen LogP contribution is -2.33. The lowest BCUT2D eigenvalue weighted by Gasteiger charge is -2.19. The molecule has 0 bridgehead atoms. The smallest absolute Gasteiger partial charge is 0.289 e. The van der Waals surface area contributed by atoms with Crippen LogP contribution in [0, 0.1) is 0 Å². The molecule has 0 unspecified atom stereocenters. The second kappa shape index (κ2) is 6.03. The first-order valence-corrected chi connectivity index (χ1v) is 5.70. The minimum atomic E-state index is -0.163. The topological polar surface area (TPSA) is 33.5 Å². The fourth-order valence-corrected chi connectivity index (χ4v) is 1.62. The van der Waals surface area contributed by atoms with Crippen molar-refractivity contribution in [1.82, 2.24) is 4.90 Å². The molecule has 84 valence electrons. The molecule has 1 rings (SSSR count). The highest BCUT2D eigenvalue weighted by molar-refractivity contribution is 6.29. The van der Waals surface area contributed by atoms with Gasteiger partial charge in [-0.1, -0.05) is 6.92 Å². The molecule has 3 nitrogen and oxygen atoms in total. The van der Waals surface area contributed by atoms with Gasteiger partial charge < -0.3 is 9.32 Å². The van der Waals surface area contributed by atoms with Crippen LogP contribution in [0.15, 0.2) is 16.5 Å². The number of hydrogen-bond acceptors (Lipinski definition) is 2. The van der Waals surface area contributed by atoms with Crippen LogP contribution in [-0.2, 0) is 0 Å². The standard InChI is InChI=1S/C10H13Cl2NO2/c1-2-6-13(7-5-11)10(14)8-3-4-9(12)15-8/h3-4H,2,5-7H2,1H3. The van der Waals surface area contributed by atoms with Crippen molar-refractivity contribution in [2.45, 2.75) is 13.3 Å². The molecule has 0 aromatic carbocycles. The van der Waals surface area contributed by atoms with E-state index in [4.69, 9.17) is 27.6 Å². The highest BCUT2D eigenvalue weighted by Gasteiger charge is 2.17. The first-order valence-electron chi connectivity index (χ1n) is 4.79. The minimum Gasteiger partial charge on any atom is -0.440 e. The molecule has 0 atom stereocenters. The molecule has 0 radical (unpaired) electrons. The van der Waals surface area contributed by atoms with Gasteiger partial charge in [0.05, 0.1) is 0 Å². The minimum absolute atomic E-state index is 0.163. The SMILES string of the molecule is CCCN(CCCl)C(=O)c1ccc(Cl)o1. The van der Waals surface area contributed by atoms with Crippen LogP contribution in [0.5, 0.6) is 0 Å². The first kappa shape index (κ1) is 12.4. The summed E-state index contributed by atoms with van der Waals surface area (Å²) in [7, 11) is 0. The van der Waals surface area contributed by atoms with Crippen LogP contribution >= 0.6 is 23.2 Å². The van der Waals surface area contributed by atoms with Gasteiger partial charge in [0, 0.05) is 19.0 Å². The van der Waals surface area contributed by atoms with Gasteiger partial charge in [0.2, 0.25) is 0 Å². The van der Waals surface area contributed by atoms with Crippen LogP contribution < -0.4 is 0 Å². The number of amides is 1. The Bertz CT molecular complexity index is 319. The van der Waals surface area contributed by atoms with Gasteiger partial charge in [-0.05, 0) is 30.2 Å². The van der Waals surface area contributed by atoms with E-state index in [-0.39, 0.29) is 16.9 Å². The lowest BCUT2D eigenvalue weighted by atomic mass is 10.3. The molecule has 0 saturated heterocycles. The quantitative estimate of drug-likeness (QED) is 0.752. The molecule has 0 saturated carbocycles.